The fourth-order valence-corrected chi connectivity index (χ4v) is 4.69. The van der Waals surface area contributed by atoms with Gasteiger partial charge < -0.3 is 10.1 Å². The Hall–Kier alpha value is -2.00. The Kier molecular flexibility index (Phi) is 5.81. The van der Waals surface area contributed by atoms with E-state index in [2.05, 4.69) is 10.3 Å². The number of nitrogens with one attached hydrogen (secondary N) is 1. The van der Waals surface area contributed by atoms with Gasteiger partial charge >= 0.3 is 0 Å². The van der Waals surface area contributed by atoms with E-state index in [9.17, 15) is 13.2 Å². The molecule has 27 heavy (non-hydrogen) atoms. The number of hydrogen-bond acceptors (Lipinski definition) is 5. The number of ether oxygens (including phenoxy) is 1. The molecule has 3 rings (SSSR count). The van der Waals surface area contributed by atoms with Gasteiger partial charge in [-0.05, 0) is 50.2 Å². The second-order valence-electron chi connectivity index (χ2n) is 6.40. The van der Waals surface area contributed by atoms with Crippen LogP contribution in [-0.2, 0) is 14.8 Å². The number of aromatic nitrogens is 1. The molecule has 0 unspecified atom stereocenters. The Bertz CT molecular complexity index is 924. The summed E-state index contributed by atoms with van der Waals surface area (Å²) in [5.41, 5.74) is 0.703. The molecule has 1 fully saturated rings. The van der Waals surface area contributed by atoms with Gasteiger partial charge in [-0.15, -0.1) is 0 Å². The van der Waals surface area contributed by atoms with Gasteiger partial charge in [0.15, 0.2) is 5.15 Å². The molecule has 0 spiro atoms. The molecule has 1 aromatic heterocycles. The van der Waals surface area contributed by atoms with Crippen molar-refractivity contribution in [2.45, 2.75) is 31.0 Å². The molecule has 1 aromatic carbocycles. The van der Waals surface area contributed by atoms with Gasteiger partial charge in [-0.25, -0.2) is 13.4 Å². The number of amides is 1. The summed E-state index contributed by atoms with van der Waals surface area (Å²) in [6.45, 7) is 4.28. The summed E-state index contributed by atoms with van der Waals surface area (Å²) in [5, 5.41) is 2.83. The SMILES string of the molecule is C[C@@H]1CN(S(=O)(=O)c2ccc(C(=O)Nc3cccnc3Cl)cc2)C[C@@H](C)O1. The highest BCUT2D eigenvalue weighted by molar-refractivity contribution is 7.89. The minimum atomic E-state index is -3.65. The van der Waals surface area contributed by atoms with E-state index in [-0.39, 0.29) is 22.3 Å². The molecule has 2 aromatic rings. The van der Waals surface area contributed by atoms with Gasteiger partial charge in [-0.2, -0.15) is 4.31 Å². The normalized spacial score (nSPS) is 21.0. The number of benzene rings is 1. The lowest BCUT2D eigenvalue weighted by Crippen LogP contribution is -2.48. The number of hydrogen-bond donors (Lipinski definition) is 1. The van der Waals surface area contributed by atoms with Gasteiger partial charge in [0.1, 0.15) is 0 Å². The Balaban J connectivity index is 1.76. The highest BCUT2D eigenvalue weighted by Crippen LogP contribution is 2.22. The fraction of sp³-hybridized carbons (Fsp3) is 0.333. The zero-order valence-electron chi connectivity index (χ0n) is 14.9. The van der Waals surface area contributed by atoms with Crippen molar-refractivity contribution in [3.63, 3.8) is 0 Å². The number of pyridine rings is 1. The minimum Gasteiger partial charge on any atom is -0.373 e. The summed E-state index contributed by atoms with van der Waals surface area (Å²) in [6, 6.07) is 9.09. The first-order chi connectivity index (χ1) is 12.8. The Labute approximate surface area is 163 Å². The molecular formula is C18H20ClN3O4S. The Morgan fingerprint density at radius 3 is 2.41 bits per heavy atom. The fourth-order valence-electron chi connectivity index (χ4n) is 2.93. The summed E-state index contributed by atoms with van der Waals surface area (Å²) in [6.07, 6.45) is 1.18. The first-order valence-corrected chi connectivity index (χ1v) is 10.3. The van der Waals surface area contributed by atoms with Crippen molar-refractivity contribution in [1.82, 2.24) is 9.29 Å². The molecule has 7 nitrogen and oxygen atoms in total. The number of sulfonamides is 1. The quantitative estimate of drug-likeness (QED) is 0.784. The maximum atomic E-state index is 12.8. The molecule has 0 saturated carbocycles. The average Bonchev–Trinajstić information content (AvgIpc) is 2.63. The molecule has 0 aliphatic carbocycles. The molecule has 2 atom stereocenters. The third-order valence-corrected chi connectivity index (χ3v) is 6.29. The second-order valence-corrected chi connectivity index (χ2v) is 8.70. The highest BCUT2D eigenvalue weighted by atomic mass is 35.5. The molecule has 144 valence electrons. The monoisotopic (exact) mass is 409 g/mol. The predicted molar refractivity (Wildman–Crippen MR) is 102 cm³/mol. The van der Waals surface area contributed by atoms with E-state index in [0.717, 1.165) is 0 Å². The number of rotatable bonds is 4. The lowest BCUT2D eigenvalue weighted by Gasteiger charge is -2.34. The van der Waals surface area contributed by atoms with Gasteiger partial charge in [0, 0.05) is 24.8 Å². The first-order valence-electron chi connectivity index (χ1n) is 8.45. The molecule has 2 heterocycles. The highest BCUT2D eigenvalue weighted by Gasteiger charge is 2.32. The van der Waals surface area contributed by atoms with E-state index in [1.165, 1.54) is 34.8 Å². The van der Waals surface area contributed by atoms with E-state index < -0.39 is 15.9 Å². The van der Waals surface area contributed by atoms with Gasteiger partial charge in [0.05, 0.1) is 22.8 Å². The average molecular weight is 410 g/mol. The summed E-state index contributed by atoms with van der Waals surface area (Å²) in [4.78, 5) is 16.4. The lowest BCUT2D eigenvalue weighted by molar-refractivity contribution is -0.0440. The molecule has 1 saturated heterocycles. The molecule has 1 aliphatic heterocycles. The number of morpholine rings is 1. The zero-order chi connectivity index (χ0) is 19.6. The van der Waals surface area contributed by atoms with Crippen molar-refractivity contribution in [2.24, 2.45) is 0 Å². The molecular weight excluding hydrogens is 390 g/mol. The van der Waals surface area contributed by atoms with Crippen molar-refractivity contribution in [3.05, 3.63) is 53.3 Å². The second kappa shape index (κ2) is 7.93. The van der Waals surface area contributed by atoms with Gasteiger partial charge in [0.25, 0.3) is 5.91 Å². The van der Waals surface area contributed by atoms with E-state index in [0.29, 0.717) is 24.3 Å². The van der Waals surface area contributed by atoms with Crippen LogP contribution in [0.5, 0.6) is 0 Å². The lowest BCUT2D eigenvalue weighted by atomic mass is 10.2. The molecule has 1 N–H and O–H groups in total. The van der Waals surface area contributed by atoms with Crippen LogP contribution in [0.25, 0.3) is 0 Å². The van der Waals surface area contributed by atoms with Gasteiger partial charge in [-0.3, -0.25) is 4.79 Å². The van der Waals surface area contributed by atoms with Crippen molar-refractivity contribution >= 4 is 33.2 Å². The predicted octanol–water partition coefficient (Wildman–Crippen LogP) is 2.79. The standard InChI is InChI=1S/C18H20ClN3O4S/c1-12-10-22(11-13(2)26-12)27(24,25)15-7-5-14(6-8-15)18(23)21-16-4-3-9-20-17(16)19/h3-9,12-13H,10-11H2,1-2H3,(H,21,23)/t12-,13-/m1/s1. The summed E-state index contributed by atoms with van der Waals surface area (Å²) >= 11 is 5.93. The van der Waals surface area contributed by atoms with Crippen LogP contribution in [0.1, 0.15) is 24.2 Å². The molecule has 0 radical (unpaired) electrons. The first kappa shape index (κ1) is 19.8. The third-order valence-electron chi connectivity index (χ3n) is 4.15. The number of halogens is 1. The summed E-state index contributed by atoms with van der Waals surface area (Å²) in [5.74, 6) is -0.400. The number of nitrogens with zero attached hydrogens (tertiary/aromatic N) is 2. The maximum absolute atomic E-state index is 12.8. The molecule has 1 aliphatic rings. The summed E-state index contributed by atoms with van der Waals surface area (Å²) < 4.78 is 32.7. The molecule has 1 amide bonds. The van der Waals surface area contributed by atoms with Crippen molar-refractivity contribution in [2.75, 3.05) is 18.4 Å². The zero-order valence-corrected chi connectivity index (χ0v) is 16.5. The Morgan fingerprint density at radius 2 is 1.81 bits per heavy atom. The number of carbonyl (C=O) groups excluding carboxylic acids is 1. The number of anilines is 1. The van der Waals surface area contributed by atoms with Crippen LogP contribution in [0.3, 0.4) is 0 Å². The van der Waals surface area contributed by atoms with Crippen LogP contribution in [0, 0.1) is 0 Å². The van der Waals surface area contributed by atoms with Crippen LogP contribution >= 0.6 is 11.6 Å². The Morgan fingerprint density at radius 1 is 1.19 bits per heavy atom. The largest absolute Gasteiger partial charge is 0.373 e. The van der Waals surface area contributed by atoms with Gasteiger partial charge in [0.2, 0.25) is 10.0 Å². The van der Waals surface area contributed by atoms with Crippen LogP contribution in [-0.4, -0.2) is 48.9 Å². The molecule has 0 bridgehead atoms. The minimum absolute atomic E-state index is 0.139. The van der Waals surface area contributed by atoms with E-state index in [4.69, 9.17) is 16.3 Å². The third kappa shape index (κ3) is 4.47. The number of carbonyl (C=O) groups is 1. The van der Waals surface area contributed by atoms with E-state index in [1.807, 2.05) is 13.8 Å². The van der Waals surface area contributed by atoms with Crippen molar-refractivity contribution < 1.29 is 17.9 Å². The molecule has 9 heteroatoms. The van der Waals surface area contributed by atoms with Crippen LogP contribution in [0.2, 0.25) is 5.15 Å². The van der Waals surface area contributed by atoms with Crippen LogP contribution in [0.4, 0.5) is 5.69 Å². The smallest absolute Gasteiger partial charge is 0.255 e. The van der Waals surface area contributed by atoms with Crippen LogP contribution in [0.15, 0.2) is 47.5 Å². The summed E-state index contributed by atoms with van der Waals surface area (Å²) in [7, 11) is -3.65. The van der Waals surface area contributed by atoms with E-state index >= 15 is 0 Å². The maximum Gasteiger partial charge on any atom is 0.255 e. The van der Waals surface area contributed by atoms with E-state index in [1.54, 1.807) is 12.1 Å². The van der Waals surface area contributed by atoms with Gasteiger partial charge in [-0.1, -0.05) is 11.6 Å². The topological polar surface area (TPSA) is 88.6 Å². The van der Waals surface area contributed by atoms with Crippen LogP contribution < -0.4 is 5.32 Å². The van der Waals surface area contributed by atoms with Crippen molar-refractivity contribution in [3.8, 4) is 0 Å². The van der Waals surface area contributed by atoms with Crippen molar-refractivity contribution in [1.29, 1.82) is 0 Å².